The van der Waals surface area contributed by atoms with Gasteiger partial charge >= 0.3 is 0 Å². The van der Waals surface area contributed by atoms with Crippen molar-refractivity contribution in [3.8, 4) is 22.3 Å². The van der Waals surface area contributed by atoms with Crippen LogP contribution in [0.2, 0.25) is 0 Å². The molecule has 0 bridgehead atoms. The minimum absolute atomic E-state index is 0.170. The summed E-state index contributed by atoms with van der Waals surface area (Å²) in [7, 11) is 0. The molecule has 0 aliphatic heterocycles. The second-order valence-electron chi connectivity index (χ2n) is 11.1. The first-order valence-electron chi connectivity index (χ1n) is 12.9. The molecule has 0 saturated heterocycles. The summed E-state index contributed by atoms with van der Waals surface area (Å²) < 4.78 is 2.70. The van der Waals surface area contributed by atoms with E-state index in [1.54, 1.807) is 0 Å². The zero-order valence-corrected chi connectivity index (χ0v) is 22.2. The van der Waals surface area contributed by atoms with Gasteiger partial charge < -0.3 is 0 Å². The van der Waals surface area contributed by atoms with Crippen molar-refractivity contribution in [3.05, 3.63) is 121 Å². The van der Waals surface area contributed by atoms with Gasteiger partial charge in [0.15, 0.2) is 0 Å². The lowest BCUT2D eigenvalue weighted by Crippen LogP contribution is -2.10. The van der Waals surface area contributed by atoms with Gasteiger partial charge in [0, 0.05) is 20.2 Å². The Hall–Kier alpha value is -3.94. The van der Waals surface area contributed by atoms with Gasteiger partial charge in [0.1, 0.15) is 0 Å². The molecule has 0 unspecified atom stereocenters. The van der Waals surface area contributed by atoms with Gasteiger partial charge in [0.2, 0.25) is 0 Å². The third kappa shape index (κ3) is 3.91. The van der Waals surface area contributed by atoms with Crippen molar-refractivity contribution in [2.24, 2.45) is 0 Å². The quantitative estimate of drug-likeness (QED) is 0.211. The van der Waals surface area contributed by atoms with Crippen LogP contribution in [0, 0.1) is 0 Å². The van der Waals surface area contributed by atoms with Crippen LogP contribution < -0.4 is 0 Å². The van der Waals surface area contributed by atoms with Gasteiger partial charge in [-0.15, -0.1) is 11.3 Å². The van der Waals surface area contributed by atoms with Crippen molar-refractivity contribution in [1.82, 2.24) is 0 Å². The van der Waals surface area contributed by atoms with E-state index in [-0.39, 0.29) is 5.41 Å². The molecule has 7 aromatic rings. The number of rotatable bonds is 2. The number of thiophene rings is 1. The molecule has 0 aliphatic carbocycles. The van der Waals surface area contributed by atoms with Crippen molar-refractivity contribution in [2.75, 3.05) is 0 Å². The molecule has 37 heavy (non-hydrogen) atoms. The molecule has 0 nitrogen and oxygen atoms in total. The van der Waals surface area contributed by atoms with Gasteiger partial charge in [-0.25, -0.2) is 0 Å². The molecule has 0 fully saturated rings. The predicted molar refractivity (Wildman–Crippen MR) is 164 cm³/mol. The molecule has 0 atom stereocenters. The molecule has 0 spiro atoms. The number of fused-ring (bicyclic) bond motifs is 5. The maximum absolute atomic E-state index is 2.35. The molecule has 0 saturated carbocycles. The Morgan fingerprint density at radius 1 is 0.432 bits per heavy atom. The molecule has 1 heteroatoms. The highest BCUT2D eigenvalue weighted by Gasteiger charge is 2.13. The van der Waals surface area contributed by atoms with Gasteiger partial charge in [-0.3, -0.25) is 0 Å². The van der Waals surface area contributed by atoms with Gasteiger partial charge in [-0.1, -0.05) is 93.6 Å². The minimum Gasteiger partial charge on any atom is -0.135 e. The van der Waals surface area contributed by atoms with Gasteiger partial charge in [0.25, 0.3) is 0 Å². The van der Waals surface area contributed by atoms with Crippen LogP contribution in [0.25, 0.3) is 64.0 Å². The first-order valence-corrected chi connectivity index (χ1v) is 13.7. The van der Waals surface area contributed by atoms with Crippen molar-refractivity contribution in [3.63, 3.8) is 0 Å². The van der Waals surface area contributed by atoms with Gasteiger partial charge in [0.05, 0.1) is 0 Å². The Labute approximate surface area is 221 Å². The molecule has 0 N–H and O–H groups in total. The average molecular weight is 493 g/mol. The van der Waals surface area contributed by atoms with Crippen LogP contribution in [-0.4, -0.2) is 0 Å². The van der Waals surface area contributed by atoms with E-state index >= 15 is 0 Å². The summed E-state index contributed by atoms with van der Waals surface area (Å²) in [6.45, 7) is 6.78. The van der Waals surface area contributed by atoms with E-state index in [1.807, 2.05) is 11.3 Å². The van der Waals surface area contributed by atoms with Gasteiger partial charge in [-0.2, -0.15) is 0 Å². The Morgan fingerprint density at radius 3 is 1.65 bits per heavy atom. The molecule has 0 aliphatic rings. The fourth-order valence-electron chi connectivity index (χ4n) is 5.42. The van der Waals surface area contributed by atoms with E-state index < -0.39 is 0 Å². The maximum atomic E-state index is 2.35. The summed E-state index contributed by atoms with van der Waals surface area (Å²) in [5, 5.41) is 7.81. The smallest absolute Gasteiger partial charge is 0.0355 e. The lowest BCUT2D eigenvalue weighted by atomic mass is 9.86. The summed E-state index contributed by atoms with van der Waals surface area (Å²) in [5.41, 5.74) is 6.60. The Balaban J connectivity index is 1.28. The van der Waals surface area contributed by atoms with E-state index in [4.69, 9.17) is 0 Å². The minimum atomic E-state index is 0.170. The lowest BCUT2D eigenvalue weighted by molar-refractivity contribution is 0.590. The molecule has 1 aromatic heterocycles. The van der Waals surface area contributed by atoms with Crippen LogP contribution in [0.3, 0.4) is 0 Å². The fraction of sp³-hybridized carbons (Fsp3) is 0.111. The fourth-order valence-corrected chi connectivity index (χ4v) is 6.51. The average Bonchev–Trinajstić information content (AvgIpc) is 3.29. The van der Waals surface area contributed by atoms with Crippen molar-refractivity contribution in [1.29, 1.82) is 0 Å². The van der Waals surface area contributed by atoms with Gasteiger partial charge in [-0.05, 0) is 97.2 Å². The first-order chi connectivity index (χ1) is 17.9. The van der Waals surface area contributed by atoms with E-state index in [1.165, 1.54) is 69.5 Å². The maximum Gasteiger partial charge on any atom is 0.0355 e. The highest BCUT2D eigenvalue weighted by atomic mass is 32.1. The van der Waals surface area contributed by atoms with Crippen molar-refractivity contribution >= 4 is 53.1 Å². The zero-order chi connectivity index (χ0) is 25.1. The lowest BCUT2D eigenvalue weighted by Gasteiger charge is -2.19. The van der Waals surface area contributed by atoms with Crippen molar-refractivity contribution in [2.45, 2.75) is 26.2 Å². The molecule has 178 valence electrons. The number of hydrogen-bond donors (Lipinski definition) is 0. The molecule has 7 rings (SSSR count). The summed E-state index contributed by atoms with van der Waals surface area (Å²) in [5.74, 6) is 0. The Morgan fingerprint density at radius 2 is 0.973 bits per heavy atom. The van der Waals surface area contributed by atoms with E-state index in [9.17, 15) is 0 Å². The molecule has 0 amide bonds. The van der Waals surface area contributed by atoms with Crippen molar-refractivity contribution < 1.29 is 0 Å². The Bertz CT molecular complexity index is 1950. The Kier molecular flexibility index (Phi) is 4.99. The second kappa shape index (κ2) is 8.30. The summed E-state index contributed by atoms with van der Waals surface area (Å²) in [6.07, 6.45) is 0. The zero-order valence-electron chi connectivity index (χ0n) is 21.4. The predicted octanol–water partition coefficient (Wildman–Crippen LogP) is 11.0. The topological polar surface area (TPSA) is 0 Å². The molecule has 0 radical (unpaired) electrons. The van der Waals surface area contributed by atoms with Crippen LogP contribution in [-0.2, 0) is 5.41 Å². The summed E-state index contributed by atoms with van der Waals surface area (Å²) in [4.78, 5) is 0. The standard InChI is InChI=1S/C36H28S/c1-36(2,3)31-15-12-23(13-16-31)24-8-10-26-21-30-19-25(9-11-27(30)20-29(26)18-24)28-14-17-35-33(22-28)32-6-4-5-7-34(32)37-35/h4-22H,1-3H3. The van der Waals surface area contributed by atoms with Crippen LogP contribution in [0.15, 0.2) is 115 Å². The van der Waals surface area contributed by atoms with E-state index in [0.717, 1.165) is 0 Å². The number of benzene rings is 6. The molecule has 6 aromatic carbocycles. The highest BCUT2D eigenvalue weighted by Crippen LogP contribution is 2.37. The van der Waals surface area contributed by atoms with Crippen LogP contribution in [0.1, 0.15) is 26.3 Å². The van der Waals surface area contributed by atoms with E-state index in [0.29, 0.717) is 0 Å². The first kappa shape index (κ1) is 22.3. The SMILES string of the molecule is CC(C)(C)c1ccc(-c2ccc3cc4cc(-c5ccc6sc7ccccc7c6c5)ccc4cc3c2)cc1. The van der Waals surface area contributed by atoms with Crippen LogP contribution >= 0.6 is 11.3 Å². The van der Waals surface area contributed by atoms with Crippen LogP contribution in [0.5, 0.6) is 0 Å². The molecular formula is C36H28S. The third-order valence-electron chi connectivity index (χ3n) is 7.59. The third-order valence-corrected chi connectivity index (χ3v) is 8.74. The largest absolute Gasteiger partial charge is 0.135 e. The molecular weight excluding hydrogens is 464 g/mol. The highest BCUT2D eigenvalue weighted by molar-refractivity contribution is 7.25. The monoisotopic (exact) mass is 492 g/mol. The summed E-state index contributed by atoms with van der Waals surface area (Å²) >= 11 is 1.87. The second-order valence-corrected chi connectivity index (χ2v) is 12.2. The number of hydrogen-bond acceptors (Lipinski definition) is 1. The molecule has 1 heterocycles. The summed E-state index contributed by atoms with van der Waals surface area (Å²) in [6, 6.07) is 43.0. The van der Waals surface area contributed by atoms with Crippen LogP contribution in [0.4, 0.5) is 0 Å². The normalized spacial score (nSPS) is 12.2. The van der Waals surface area contributed by atoms with E-state index in [2.05, 4.69) is 136 Å².